The van der Waals surface area contributed by atoms with Crippen LogP contribution in [0.15, 0.2) is 47.4 Å². The Bertz CT molecular complexity index is 1120. The molecule has 0 spiro atoms. The summed E-state index contributed by atoms with van der Waals surface area (Å²) >= 11 is 0. The van der Waals surface area contributed by atoms with Gasteiger partial charge in [-0.05, 0) is 55.2 Å². The fraction of sp³-hybridized carbons (Fsp3) is 0.417. The Hall–Kier alpha value is -2.67. The first-order valence-corrected chi connectivity index (χ1v) is 12.5. The summed E-state index contributed by atoms with van der Waals surface area (Å²) in [4.78, 5) is 29.4. The summed E-state index contributed by atoms with van der Waals surface area (Å²) in [6.45, 7) is 5.61. The van der Waals surface area contributed by atoms with Gasteiger partial charge in [0.05, 0.1) is 28.1 Å². The number of hydrogen-bond donors (Lipinski definition) is 0. The third kappa shape index (κ3) is 3.87. The van der Waals surface area contributed by atoms with Crippen LogP contribution in [0.3, 0.4) is 0 Å². The van der Waals surface area contributed by atoms with Crippen molar-refractivity contribution in [3.05, 3.63) is 42.5 Å². The number of carbonyl (C=O) groups is 2. The Morgan fingerprint density at radius 1 is 1.00 bits per heavy atom. The minimum absolute atomic E-state index is 0.0497. The third-order valence-corrected chi connectivity index (χ3v) is 8.15. The van der Waals surface area contributed by atoms with Gasteiger partial charge in [0, 0.05) is 19.4 Å². The number of fused-ring (bicyclic) bond motifs is 1. The molecule has 0 aromatic heterocycles. The number of benzene rings is 2. The quantitative estimate of drug-likeness (QED) is 0.719. The first kappa shape index (κ1) is 21.6. The van der Waals surface area contributed by atoms with Gasteiger partial charge in [0.15, 0.2) is 9.84 Å². The summed E-state index contributed by atoms with van der Waals surface area (Å²) in [5.74, 6) is 0.198. The molecule has 1 aliphatic carbocycles. The van der Waals surface area contributed by atoms with E-state index >= 15 is 0 Å². The largest absolute Gasteiger partial charge is 0.308 e. The molecule has 1 heterocycles. The minimum Gasteiger partial charge on any atom is -0.308 e. The molecule has 0 bridgehead atoms. The normalized spacial score (nSPS) is 19.0. The zero-order valence-electron chi connectivity index (χ0n) is 18.2. The van der Waals surface area contributed by atoms with Gasteiger partial charge in [-0.25, -0.2) is 8.42 Å². The molecule has 0 unspecified atom stereocenters. The molecule has 2 amide bonds. The van der Waals surface area contributed by atoms with Gasteiger partial charge in [0.2, 0.25) is 11.8 Å². The average molecular weight is 441 g/mol. The molecule has 1 aliphatic heterocycles. The molecular formula is C24H28N2O4S. The van der Waals surface area contributed by atoms with Crippen molar-refractivity contribution < 1.29 is 18.0 Å². The molecule has 0 N–H and O–H groups in total. The predicted octanol–water partition coefficient (Wildman–Crippen LogP) is 4.04. The Balaban J connectivity index is 1.76. The summed E-state index contributed by atoms with van der Waals surface area (Å²) in [5, 5.41) is 0. The van der Waals surface area contributed by atoms with Gasteiger partial charge >= 0.3 is 0 Å². The van der Waals surface area contributed by atoms with Gasteiger partial charge in [-0.15, -0.1) is 0 Å². The maximum atomic E-state index is 13.2. The van der Waals surface area contributed by atoms with Crippen molar-refractivity contribution in [3.63, 3.8) is 0 Å². The highest BCUT2D eigenvalue weighted by atomic mass is 32.2. The van der Waals surface area contributed by atoms with Crippen molar-refractivity contribution >= 4 is 33.0 Å². The number of hydrogen-bond acceptors (Lipinski definition) is 4. The van der Waals surface area contributed by atoms with Crippen LogP contribution in [0, 0.1) is 5.92 Å². The molecule has 4 rings (SSSR count). The third-order valence-electron chi connectivity index (χ3n) is 6.40. The molecule has 2 aromatic carbocycles. The second-order valence-electron chi connectivity index (χ2n) is 8.45. The van der Waals surface area contributed by atoms with E-state index in [1.54, 1.807) is 43.0 Å². The molecule has 2 aromatic rings. The Morgan fingerprint density at radius 2 is 1.65 bits per heavy atom. The van der Waals surface area contributed by atoms with E-state index in [4.69, 9.17) is 0 Å². The van der Waals surface area contributed by atoms with Gasteiger partial charge in [0.1, 0.15) is 0 Å². The van der Waals surface area contributed by atoms with Crippen LogP contribution in [0.4, 0.5) is 11.4 Å². The summed E-state index contributed by atoms with van der Waals surface area (Å²) in [6.07, 6.45) is 2.92. The van der Waals surface area contributed by atoms with E-state index in [0.29, 0.717) is 11.4 Å². The van der Waals surface area contributed by atoms with Gasteiger partial charge < -0.3 is 9.80 Å². The van der Waals surface area contributed by atoms with Crippen LogP contribution >= 0.6 is 0 Å². The molecular weight excluding hydrogens is 412 g/mol. The van der Waals surface area contributed by atoms with Gasteiger partial charge in [-0.1, -0.05) is 31.5 Å². The van der Waals surface area contributed by atoms with Gasteiger partial charge in [0.25, 0.3) is 0 Å². The van der Waals surface area contributed by atoms with E-state index in [1.807, 2.05) is 30.0 Å². The highest BCUT2D eigenvalue weighted by Gasteiger charge is 2.37. The number of sulfone groups is 1. The summed E-state index contributed by atoms with van der Waals surface area (Å²) in [7, 11) is -3.26. The number of amides is 2. The van der Waals surface area contributed by atoms with Crippen LogP contribution in [-0.4, -0.2) is 38.6 Å². The molecule has 31 heavy (non-hydrogen) atoms. The van der Waals surface area contributed by atoms with Crippen LogP contribution in [-0.2, 0) is 19.4 Å². The van der Waals surface area contributed by atoms with E-state index in [0.717, 1.165) is 41.8 Å². The lowest BCUT2D eigenvalue weighted by molar-refractivity contribution is -0.125. The zero-order valence-corrected chi connectivity index (χ0v) is 19.0. The van der Waals surface area contributed by atoms with Crippen molar-refractivity contribution in [2.24, 2.45) is 5.92 Å². The first-order valence-electron chi connectivity index (χ1n) is 10.8. The molecule has 2 aliphatic rings. The molecule has 6 nitrogen and oxygen atoms in total. The van der Waals surface area contributed by atoms with Crippen molar-refractivity contribution in [3.8, 4) is 11.1 Å². The van der Waals surface area contributed by atoms with Gasteiger partial charge in [-0.3, -0.25) is 9.59 Å². The van der Waals surface area contributed by atoms with Crippen molar-refractivity contribution in [1.29, 1.82) is 0 Å². The standard InChI is InChI=1S/C24H28N2O4S/c1-4-31(29,30)21-11-8-18(9-12-21)20-10-13-22-23(14-20)25(24(28)19-6-5-7-19)15-16(2)26(22)17(3)27/h8-14,16,19H,4-7,15H2,1-3H3/t16-/m0/s1. The first-order chi connectivity index (χ1) is 14.7. The van der Waals surface area contributed by atoms with Crippen molar-refractivity contribution in [2.75, 3.05) is 22.1 Å². The average Bonchev–Trinajstić information content (AvgIpc) is 2.71. The zero-order chi connectivity index (χ0) is 22.3. The fourth-order valence-electron chi connectivity index (χ4n) is 4.39. The molecule has 1 fully saturated rings. The van der Waals surface area contributed by atoms with E-state index in [9.17, 15) is 18.0 Å². The second kappa shape index (κ2) is 8.11. The Labute approximate surface area is 183 Å². The highest BCUT2D eigenvalue weighted by molar-refractivity contribution is 7.91. The maximum Gasteiger partial charge on any atom is 0.230 e. The molecule has 164 valence electrons. The lowest BCUT2D eigenvalue weighted by atomic mass is 9.84. The lowest BCUT2D eigenvalue weighted by Gasteiger charge is -2.43. The predicted molar refractivity (Wildman–Crippen MR) is 122 cm³/mol. The Morgan fingerprint density at radius 3 is 2.19 bits per heavy atom. The van der Waals surface area contributed by atoms with Crippen LogP contribution in [0.25, 0.3) is 11.1 Å². The number of nitrogens with zero attached hydrogens (tertiary/aromatic N) is 2. The topological polar surface area (TPSA) is 74.8 Å². The molecule has 1 saturated carbocycles. The Kier molecular flexibility index (Phi) is 5.64. The summed E-state index contributed by atoms with van der Waals surface area (Å²) in [5.41, 5.74) is 3.23. The summed E-state index contributed by atoms with van der Waals surface area (Å²) < 4.78 is 24.2. The van der Waals surface area contributed by atoms with Crippen LogP contribution in [0.2, 0.25) is 0 Å². The monoisotopic (exact) mass is 440 g/mol. The van der Waals surface area contributed by atoms with E-state index in [1.165, 1.54) is 0 Å². The van der Waals surface area contributed by atoms with Crippen LogP contribution in [0.1, 0.15) is 40.0 Å². The van der Waals surface area contributed by atoms with Gasteiger partial charge in [-0.2, -0.15) is 0 Å². The molecule has 0 saturated heterocycles. The van der Waals surface area contributed by atoms with E-state index < -0.39 is 9.84 Å². The SMILES string of the molecule is CCS(=O)(=O)c1ccc(-c2ccc3c(c2)N(C(=O)C2CCC2)C[C@H](C)N3C(C)=O)cc1. The number of carbonyl (C=O) groups excluding carboxylic acids is 2. The molecule has 7 heteroatoms. The van der Waals surface area contributed by atoms with Crippen LogP contribution < -0.4 is 9.80 Å². The van der Waals surface area contributed by atoms with Crippen molar-refractivity contribution in [1.82, 2.24) is 0 Å². The number of anilines is 2. The van der Waals surface area contributed by atoms with Crippen LogP contribution in [0.5, 0.6) is 0 Å². The second-order valence-corrected chi connectivity index (χ2v) is 10.7. The molecule has 1 atom stereocenters. The number of rotatable bonds is 4. The fourth-order valence-corrected chi connectivity index (χ4v) is 5.27. The minimum atomic E-state index is -3.26. The van der Waals surface area contributed by atoms with E-state index in [-0.39, 0.29) is 29.5 Å². The van der Waals surface area contributed by atoms with Crippen molar-refractivity contribution in [2.45, 2.75) is 51.0 Å². The molecule has 0 radical (unpaired) electrons. The maximum absolute atomic E-state index is 13.2. The highest BCUT2D eigenvalue weighted by Crippen LogP contribution is 2.41. The van der Waals surface area contributed by atoms with E-state index in [2.05, 4.69) is 0 Å². The summed E-state index contributed by atoms with van der Waals surface area (Å²) in [6, 6.07) is 12.5. The smallest absolute Gasteiger partial charge is 0.230 e. The lowest BCUT2D eigenvalue weighted by Crippen LogP contribution is -2.53.